The lowest BCUT2D eigenvalue weighted by Crippen LogP contribution is -2.40. The van der Waals surface area contributed by atoms with Crippen LogP contribution in [0.2, 0.25) is 0 Å². The van der Waals surface area contributed by atoms with E-state index in [2.05, 4.69) is 5.32 Å². The van der Waals surface area contributed by atoms with Crippen LogP contribution in [0.1, 0.15) is 12.8 Å². The Kier molecular flexibility index (Phi) is 4.51. The highest BCUT2D eigenvalue weighted by molar-refractivity contribution is 5.75. The summed E-state index contributed by atoms with van der Waals surface area (Å²) in [6, 6.07) is -0.339. The van der Waals surface area contributed by atoms with Crippen LogP contribution in [0.3, 0.4) is 0 Å². The molecule has 7 heteroatoms. The van der Waals surface area contributed by atoms with E-state index < -0.39 is 18.2 Å². The van der Waals surface area contributed by atoms with Gasteiger partial charge in [0.25, 0.3) is 0 Å². The number of aliphatic hydroxyl groups is 2. The molecule has 0 spiro atoms. The normalized spacial score (nSPS) is 21.9. The van der Waals surface area contributed by atoms with Gasteiger partial charge in [-0.15, -0.1) is 0 Å². The lowest BCUT2D eigenvalue weighted by atomic mass is 10.2. The first-order chi connectivity index (χ1) is 7.50. The Hall–Kier alpha value is -1.34. The molecule has 0 aromatic carbocycles. The number of nitrogens with zero attached hydrogens (tertiary/aromatic N) is 1. The number of hydrogen-bond donors (Lipinski definition) is 4. The van der Waals surface area contributed by atoms with Gasteiger partial charge in [0.1, 0.15) is 0 Å². The number of aliphatic hydroxyl groups excluding tert-OH is 2. The molecule has 92 valence electrons. The zero-order valence-electron chi connectivity index (χ0n) is 8.80. The van der Waals surface area contributed by atoms with Crippen LogP contribution in [0.5, 0.6) is 0 Å². The summed E-state index contributed by atoms with van der Waals surface area (Å²) in [4.78, 5) is 23.1. The van der Waals surface area contributed by atoms with E-state index in [-0.39, 0.29) is 19.0 Å². The first-order valence-corrected chi connectivity index (χ1v) is 5.12. The van der Waals surface area contributed by atoms with Crippen molar-refractivity contribution in [3.05, 3.63) is 0 Å². The van der Waals surface area contributed by atoms with Gasteiger partial charge in [-0.2, -0.15) is 0 Å². The predicted molar refractivity (Wildman–Crippen MR) is 53.9 cm³/mol. The molecule has 0 aromatic heterocycles. The van der Waals surface area contributed by atoms with Crippen molar-refractivity contribution in [1.82, 2.24) is 10.2 Å². The molecule has 2 amide bonds. The second-order valence-electron chi connectivity index (χ2n) is 3.76. The van der Waals surface area contributed by atoms with Gasteiger partial charge in [-0.25, -0.2) is 9.59 Å². The third-order valence-corrected chi connectivity index (χ3v) is 2.43. The zero-order chi connectivity index (χ0) is 12.1. The highest BCUT2D eigenvalue weighted by Gasteiger charge is 2.24. The van der Waals surface area contributed by atoms with Gasteiger partial charge in [0.2, 0.25) is 0 Å². The topological polar surface area (TPSA) is 110 Å². The highest BCUT2D eigenvalue weighted by Crippen LogP contribution is 2.08. The Balaban J connectivity index is 2.18. The molecule has 7 nitrogen and oxygen atoms in total. The fraction of sp³-hybridized carbons (Fsp3) is 0.778. The summed E-state index contributed by atoms with van der Waals surface area (Å²) in [5, 5.41) is 29.0. The van der Waals surface area contributed by atoms with E-state index in [4.69, 9.17) is 10.2 Å². The minimum atomic E-state index is -1.45. The molecule has 0 aliphatic carbocycles. The van der Waals surface area contributed by atoms with Crippen LogP contribution in [0.15, 0.2) is 0 Å². The number of β-amino-alcohol motifs (C(OH)–C–C–N with tert-alkyl or cyclic N) is 1. The third-order valence-electron chi connectivity index (χ3n) is 2.43. The molecular formula is C9H16N2O5. The van der Waals surface area contributed by atoms with Gasteiger partial charge in [-0.3, -0.25) is 0 Å². The number of urea groups is 1. The van der Waals surface area contributed by atoms with Crippen LogP contribution in [0, 0.1) is 0 Å². The van der Waals surface area contributed by atoms with Gasteiger partial charge >= 0.3 is 12.0 Å². The monoisotopic (exact) mass is 232 g/mol. The first-order valence-electron chi connectivity index (χ1n) is 5.12. The SMILES string of the molecule is O=C(O)[C@@H](O)CCNC(=O)N1CCC(O)C1. The average Bonchev–Trinajstić information content (AvgIpc) is 2.64. The number of carboxylic acids is 1. The van der Waals surface area contributed by atoms with Gasteiger partial charge in [0.15, 0.2) is 6.10 Å². The lowest BCUT2D eigenvalue weighted by molar-refractivity contribution is -0.146. The molecule has 0 aromatic rings. The summed E-state index contributed by atoms with van der Waals surface area (Å²) in [5.41, 5.74) is 0. The highest BCUT2D eigenvalue weighted by atomic mass is 16.4. The number of aliphatic carboxylic acids is 1. The maximum absolute atomic E-state index is 11.4. The Labute approximate surface area is 92.7 Å². The number of carbonyl (C=O) groups excluding carboxylic acids is 1. The van der Waals surface area contributed by atoms with E-state index >= 15 is 0 Å². The van der Waals surface area contributed by atoms with E-state index in [1.54, 1.807) is 0 Å². The van der Waals surface area contributed by atoms with Crippen molar-refractivity contribution in [1.29, 1.82) is 0 Å². The van der Waals surface area contributed by atoms with Crippen molar-refractivity contribution in [3.63, 3.8) is 0 Å². The van der Waals surface area contributed by atoms with Crippen LogP contribution in [-0.2, 0) is 4.79 Å². The second kappa shape index (κ2) is 5.66. The third kappa shape index (κ3) is 3.67. The fourth-order valence-electron chi connectivity index (χ4n) is 1.48. The number of likely N-dealkylation sites (tertiary alicyclic amines) is 1. The van der Waals surface area contributed by atoms with Gasteiger partial charge in [-0.05, 0) is 6.42 Å². The van der Waals surface area contributed by atoms with Crippen molar-refractivity contribution in [2.24, 2.45) is 0 Å². The van der Waals surface area contributed by atoms with Crippen molar-refractivity contribution >= 4 is 12.0 Å². The Morgan fingerprint density at radius 3 is 2.69 bits per heavy atom. The lowest BCUT2D eigenvalue weighted by Gasteiger charge is -2.16. The fourth-order valence-corrected chi connectivity index (χ4v) is 1.48. The molecule has 4 N–H and O–H groups in total. The summed E-state index contributed by atoms with van der Waals surface area (Å²) in [7, 11) is 0. The summed E-state index contributed by atoms with van der Waals surface area (Å²) in [5.74, 6) is -1.30. The molecule has 0 radical (unpaired) electrons. The molecule has 1 fully saturated rings. The summed E-state index contributed by atoms with van der Waals surface area (Å²) >= 11 is 0. The Morgan fingerprint density at radius 1 is 1.50 bits per heavy atom. The molecule has 0 bridgehead atoms. The van der Waals surface area contributed by atoms with E-state index in [1.807, 2.05) is 0 Å². The molecule has 1 aliphatic heterocycles. The van der Waals surface area contributed by atoms with Crippen LogP contribution >= 0.6 is 0 Å². The molecular weight excluding hydrogens is 216 g/mol. The Bertz CT molecular complexity index is 271. The Morgan fingerprint density at radius 2 is 2.19 bits per heavy atom. The smallest absolute Gasteiger partial charge is 0.332 e. The molecule has 2 atom stereocenters. The average molecular weight is 232 g/mol. The van der Waals surface area contributed by atoms with Gasteiger partial charge < -0.3 is 25.5 Å². The van der Waals surface area contributed by atoms with Crippen LogP contribution in [-0.4, -0.2) is 64.1 Å². The van der Waals surface area contributed by atoms with Crippen molar-refractivity contribution in [2.45, 2.75) is 25.0 Å². The summed E-state index contributed by atoms with van der Waals surface area (Å²) in [6.45, 7) is 0.890. The second-order valence-corrected chi connectivity index (χ2v) is 3.76. The number of rotatable bonds is 4. The molecule has 1 unspecified atom stereocenters. The maximum atomic E-state index is 11.4. The molecule has 0 saturated carbocycles. The predicted octanol–water partition coefficient (Wildman–Crippen LogP) is -1.40. The largest absolute Gasteiger partial charge is 0.479 e. The number of amides is 2. The summed E-state index contributed by atoms with van der Waals surface area (Å²) in [6.07, 6.45) is -1.40. The van der Waals surface area contributed by atoms with E-state index in [0.717, 1.165) is 0 Å². The van der Waals surface area contributed by atoms with E-state index in [1.165, 1.54) is 4.90 Å². The summed E-state index contributed by atoms with van der Waals surface area (Å²) < 4.78 is 0. The van der Waals surface area contributed by atoms with E-state index in [0.29, 0.717) is 19.5 Å². The quantitative estimate of drug-likeness (QED) is 0.476. The number of nitrogens with one attached hydrogen (secondary N) is 1. The zero-order valence-corrected chi connectivity index (χ0v) is 8.80. The standard InChI is InChI=1S/C9H16N2O5/c12-6-2-4-11(5-6)9(16)10-3-1-7(13)8(14)15/h6-7,12-13H,1-5H2,(H,10,16)(H,14,15)/t6?,7-/m0/s1. The van der Waals surface area contributed by atoms with Crippen LogP contribution in [0.25, 0.3) is 0 Å². The van der Waals surface area contributed by atoms with Crippen LogP contribution in [0.4, 0.5) is 4.79 Å². The first kappa shape index (κ1) is 12.7. The van der Waals surface area contributed by atoms with Gasteiger partial charge in [0, 0.05) is 26.1 Å². The van der Waals surface area contributed by atoms with Crippen molar-refractivity contribution < 1.29 is 24.9 Å². The van der Waals surface area contributed by atoms with Crippen LogP contribution < -0.4 is 5.32 Å². The molecule has 16 heavy (non-hydrogen) atoms. The number of hydrogen-bond acceptors (Lipinski definition) is 4. The van der Waals surface area contributed by atoms with E-state index in [9.17, 15) is 14.7 Å². The minimum absolute atomic E-state index is 0.0303. The van der Waals surface area contributed by atoms with Gasteiger partial charge in [-0.1, -0.05) is 0 Å². The molecule has 1 heterocycles. The number of carboxylic acid groups (broad SMARTS) is 1. The van der Waals surface area contributed by atoms with Gasteiger partial charge in [0.05, 0.1) is 6.10 Å². The van der Waals surface area contributed by atoms with Crippen molar-refractivity contribution in [2.75, 3.05) is 19.6 Å². The maximum Gasteiger partial charge on any atom is 0.332 e. The molecule has 1 saturated heterocycles. The minimum Gasteiger partial charge on any atom is -0.479 e. The molecule has 1 aliphatic rings. The molecule has 1 rings (SSSR count). The van der Waals surface area contributed by atoms with Crippen molar-refractivity contribution in [3.8, 4) is 0 Å². The number of carbonyl (C=O) groups is 2.